The van der Waals surface area contributed by atoms with Crippen molar-refractivity contribution < 1.29 is 8.78 Å². The molecule has 2 aromatic rings. The Morgan fingerprint density at radius 3 is 2.23 bits per heavy atom. The number of halogens is 3. The fourth-order valence-electron chi connectivity index (χ4n) is 3.00. The van der Waals surface area contributed by atoms with Crippen LogP contribution in [0.3, 0.4) is 0 Å². The second-order valence-electron chi connectivity index (χ2n) is 5.58. The molecular weight excluding hydrogens is 306 g/mol. The maximum atomic E-state index is 13.7. The van der Waals surface area contributed by atoms with Crippen LogP contribution in [0.2, 0.25) is 0 Å². The summed E-state index contributed by atoms with van der Waals surface area (Å²) in [6, 6.07) is 14.0. The molecule has 2 aromatic carbocycles. The first-order valence-corrected chi connectivity index (χ1v) is 7.11. The van der Waals surface area contributed by atoms with Gasteiger partial charge in [0.05, 0.1) is 0 Å². The van der Waals surface area contributed by atoms with Crippen molar-refractivity contribution in [3.8, 4) is 0 Å². The fraction of sp³-hybridized carbons (Fsp3) is 0.294. The highest BCUT2D eigenvalue weighted by molar-refractivity contribution is 5.85. The van der Waals surface area contributed by atoms with Crippen LogP contribution in [0.5, 0.6) is 0 Å². The molecule has 1 saturated heterocycles. The SMILES string of the molecule is Cl.N[C@@H]1CN(Cc2c(F)cccc2F)C[C@H]1c1ccccc1. The summed E-state index contributed by atoms with van der Waals surface area (Å²) in [6.07, 6.45) is 0. The van der Waals surface area contributed by atoms with E-state index in [2.05, 4.69) is 12.1 Å². The van der Waals surface area contributed by atoms with Crippen LogP contribution in [0.25, 0.3) is 0 Å². The predicted molar refractivity (Wildman–Crippen MR) is 86.0 cm³/mol. The second kappa shape index (κ2) is 7.18. The molecule has 1 fully saturated rings. The molecular formula is C17H19ClF2N2. The largest absolute Gasteiger partial charge is 0.326 e. The molecule has 22 heavy (non-hydrogen) atoms. The molecule has 2 N–H and O–H groups in total. The van der Waals surface area contributed by atoms with Gasteiger partial charge in [-0.1, -0.05) is 36.4 Å². The van der Waals surface area contributed by atoms with E-state index in [1.165, 1.54) is 23.8 Å². The number of nitrogens with two attached hydrogens (primary N) is 1. The molecule has 2 atom stereocenters. The summed E-state index contributed by atoms with van der Waals surface area (Å²) in [5.74, 6) is -0.778. The van der Waals surface area contributed by atoms with E-state index in [1.807, 2.05) is 23.1 Å². The van der Waals surface area contributed by atoms with Crippen LogP contribution in [0.4, 0.5) is 8.78 Å². The van der Waals surface area contributed by atoms with Crippen molar-refractivity contribution in [3.05, 3.63) is 71.3 Å². The monoisotopic (exact) mass is 324 g/mol. The van der Waals surface area contributed by atoms with Crippen molar-refractivity contribution in [1.82, 2.24) is 4.90 Å². The van der Waals surface area contributed by atoms with Crippen LogP contribution >= 0.6 is 12.4 Å². The molecule has 0 spiro atoms. The molecule has 0 aromatic heterocycles. The summed E-state index contributed by atoms with van der Waals surface area (Å²) >= 11 is 0. The third-order valence-electron chi connectivity index (χ3n) is 4.11. The summed E-state index contributed by atoms with van der Waals surface area (Å²) in [7, 11) is 0. The smallest absolute Gasteiger partial charge is 0.130 e. The molecule has 5 heteroatoms. The lowest BCUT2D eigenvalue weighted by Gasteiger charge is -2.17. The van der Waals surface area contributed by atoms with Crippen LogP contribution in [-0.2, 0) is 6.54 Å². The van der Waals surface area contributed by atoms with Gasteiger partial charge in [-0.05, 0) is 17.7 Å². The lowest BCUT2D eigenvalue weighted by Crippen LogP contribution is -2.28. The Bertz CT molecular complexity index is 601. The van der Waals surface area contributed by atoms with E-state index < -0.39 is 11.6 Å². The zero-order chi connectivity index (χ0) is 14.8. The minimum Gasteiger partial charge on any atom is -0.326 e. The Labute approximate surface area is 135 Å². The van der Waals surface area contributed by atoms with Crippen LogP contribution in [0.15, 0.2) is 48.5 Å². The number of hydrogen-bond acceptors (Lipinski definition) is 2. The number of rotatable bonds is 3. The lowest BCUT2D eigenvalue weighted by atomic mass is 9.95. The Morgan fingerprint density at radius 1 is 0.955 bits per heavy atom. The Morgan fingerprint density at radius 2 is 1.59 bits per heavy atom. The van der Waals surface area contributed by atoms with Crippen molar-refractivity contribution >= 4 is 12.4 Å². The van der Waals surface area contributed by atoms with Gasteiger partial charge in [0.15, 0.2) is 0 Å². The number of likely N-dealkylation sites (tertiary alicyclic amines) is 1. The summed E-state index contributed by atoms with van der Waals surface area (Å²) in [6.45, 7) is 1.63. The average molecular weight is 325 g/mol. The first kappa shape index (κ1) is 16.9. The third kappa shape index (κ3) is 3.46. The first-order valence-electron chi connectivity index (χ1n) is 7.11. The van der Waals surface area contributed by atoms with Gasteiger partial charge in [-0.2, -0.15) is 0 Å². The topological polar surface area (TPSA) is 29.3 Å². The summed E-state index contributed by atoms with van der Waals surface area (Å²) in [4.78, 5) is 2.02. The molecule has 2 nitrogen and oxygen atoms in total. The standard InChI is InChI=1S/C17H18F2N2.ClH/c18-15-7-4-8-16(19)14(15)10-21-9-13(17(20)11-21)12-5-2-1-3-6-12;/h1-8,13,17H,9-11,20H2;1H/t13-,17+;/m0./s1. The maximum Gasteiger partial charge on any atom is 0.130 e. The Hall–Kier alpha value is -1.49. The molecule has 0 saturated carbocycles. The van der Waals surface area contributed by atoms with Crippen LogP contribution in [0, 0.1) is 11.6 Å². The molecule has 0 amide bonds. The third-order valence-corrected chi connectivity index (χ3v) is 4.11. The molecule has 0 aliphatic carbocycles. The minimum atomic E-state index is -0.494. The van der Waals surface area contributed by atoms with Crippen molar-refractivity contribution in [1.29, 1.82) is 0 Å². The predicted octanol–water partition coefficient (Wildman–Crippen LogP) is 3.31. The highest BCUT2D eigenvalue weighted by atomic mass is 35.5. The van der Waals surface area contributed by atoms with Crippen molar-refractivity contribution in [2.24, 2.45) is 5.73 Å². The van der Waals surface area contributed by atoms with Gasteiger partial charge in [0, 0.05) is 37.2 Å². The fourth-order valence-corrected chi connectivity index (χ4v) is 3.00. The highest BCUT2D eigenvalue weighted by Gasteiger charge is 2.31. The Kier molecular flexibility index (Phi) is 5.51. The molecule has 0 bridgehead atoms. The van der Waals surface area contributed by atoms with E-state index >= 15 is 0 Å². The van der Waals surface area contributed by atoms with Gasteiger partial charge >= 0.3 is 0 Å². The number of nitrogens with zero attached hydrogens (tertiary/aromatic N) is 1. The number of benzene rings is 2. The van der Waals surface area contributed by atoms with Gasteiger partial charge in [0.25, 0.3) is 0 Å². The highest BCUT2D eigenvalue weighted by Crippen LogP contribution is 2.28. The molecule has 1 aliphatic rings. The maximum absolute atomic E-state index is 13.7. The summed E-state index contributed by atoms with van der Waals surface area (Å²) < 4.78 is 27.4. The van der Waals surface area contributed by atoms with E-state index in [-0.39, 0.29) is 36.5 Å². The Balaban J connectivity index is 0.00000176. The van der Waals surface area contributed by atoms with Gasteiger partial charge in [-0.3, -0.25) is 4.90 Å². The first-order chi connectivity index (χ1) is 10.1. The van der Waals surface area contributed by atoms with Gasteiger partial charge in [-0.15, -0.1) is 12.4 Å². The van der Waals surface area contributed by atoms with Gasteiger partial charge in [-0.25, -0.2) is 8.78 Å². The van der Waals surface area contributed by atoms with Crippen molar-refractivity contribution in [2.45, 2.75) is 18.5 Å². The van der Waals surface area contributed by atoms with E-state index in [0.717, 1.165) is 6.54 Å². The van der Waals surface area contributed by atoms with Crippen LogP contribution in [-0.4, -0.2) is 24.0 Å². The van der Waals surface area contributed by atoms with Gasteiger partial charge in [0.2, 0.25) is 0 Å². The van der Waals surface area contributed by atoms with Crippen molar-refractivity contribution in [3.63, 3.8) is 0 Å². The van der Waals surface area contributed by atoms with E-state index in [9.17, 15) is 8.78 Å². The molecule has 1 heterocycles. The number of hydrogen-bond donors (Lipinski definition) is 1. The molecule has 0 radical (unpaired) electrons. The quantitative estimate of drug-likeness (QED) is 0.938. The minimum absolute atomic E-state index is 0. The van der Waals surface area contributed by atoms with E-state index in [4.69, 9.17) is 5.73 Å². The van der Waals surface area contributed by atoms with E-state index in [0.29, 0.717) is 6.54 Å². The van der Waals surface area contributed by atoms with Gasteiger partial charge in [0.1, 0.15) is 11.6 Å². The van der Waals surface area contributed by atoms with Crippen molar-refractivity contribution in [2.75, 3.05) is 13.1 Å². The molecule has 0 unspecified atom stereocenters. The average Bonchev–Trinajstić information content (AvgIpc) is 2.85. The normalized spacial score (nSPS) is 21.6. The van der Waals surface area contributed by atoms with E-state index in [1.54, 1.807) is 0 Å². The lowest BCUT2D eigenvalue weighted by molar-refractivity contribution is 0.311. The molecule has 118 valence electrons. The summed E-state index contributed by atoms with van der Waals surface area (Å²) in [5, 5.41) is 0. The zero-order valence-corrected chi connectivity index (χ0v) is 12.9. The van der Waals surface area contributed by atoms with Gasteiger partial charge < -0.3 is 5.73 Å². The van der Waals surface area contributed by atoms with Crippen LogP contribution in [0.1, 0.15) is 17.0 Å². The summed E-state index contributed by atoms with van der Waals surface area (Å²) in [5.41, 5.74) is 7.51. The second-order valence-corrected chi connectivity index (χ2v) is 5.58. The molecule has 3 rings (SSSR count). The molecule has 1 aliphatic heterocycles. The zero-order valence-electron chi connectivity index (χ0n) is 12.1. The van der Waals surface area contributed by atoms with Crippen LogP contribution < -0.4 is 5.73 Å².